The van der Waals surface area contributed by atoms with Gasteiger partial charge >= 0.3 is 5.97 Å². The van der Waals surface area contributed by atoms with Crippen molar-refractivity contribution in [3.8, 4) is 0 Å². The minimum atomic E-state index is -0.384. The molecule has 0 radical (unpaired) electrons. The van der Waals surface area contributed by atoms with Crippen molar-refractivity contribution < 1.29 is 14.3 Å². The van der Waals surface area contributed by atoms with Crippen molar-refractivity contribution >= 4 is 11.9 Å². The fraction of sp³-hybridized carbons (Fsp3) is 0.579. The Morgan fingerprint density at radius 1 is 1.33 bits per heavy atom. The molecule has 2 unspecified atom stereocenters. The number of esters is 1. The Morgan fingerprint density at radius 2 is 1.96 bits per heavy atom. The zero-order valence-electron chi connectivity index (χ0n) is 15.3. The molecular formula is C19H28N2O3. The number of methoxy groups -OCH3 is 1. The zero-order valence-corrected chi connectivity index (χ0v) is 15.3. The molecule has 5 heteroatoms. The molecule has 0 saturated carbocycles. The molecule has 0 aliphatic carbocycles. The third kappa shape index (κ3) is 3.61. The van der Waals surface area contributed by atoms with Crippen LogP contribution in [-0.4, -0.2) is 36.1 Å². The van der Waals surface area contributed by atoms with Gasteiger partial charge in [-0.3, -0.25) is 10.1 Å². The van der Waals surface area contributed by atoms with E-state index >= 15 is 0 Å². The lowest BCUT2D eigenvalue weighted by atomic mass is 9.88. The average molecular weight is 332 g/mol. The first-order valence-electron chi connectivity index (χ1n) is 8.57. The van der Waals surface area contributed by atoms with Crippen LogP contribution < -0.4 is 5.32 Å². The molecule has 132 valence electrons. The average Bonchev–Trinajstić information content (AvgIpc) is 2.82. The van der Waals surface area contributed by atoms with Crippen molar-refractivity contribution in [3.63, 3.8) is 0 Å². The minimum Gasteiger partial charge on any atom is -0.465 e. The van der Waals surface area contributed by atoms with Gasteiger partial charge in [0.05, 0.1) is 30.9 Å². The van der Waals surface area contributed by atoms with E-state index in [-0.39, 0.29) is 23.6 Å². The number of rotatable bonds is 6. The second-order valence-electron chi connectivity index (χ2n) is 7.00. The summed E-state index contributed by atoms with van der Waals surface area (Å²) in [5.41, 5.74) is 1.19. The van der Waals surface area contributed by atoms with Gasteiger partial charge in [-0.15, -0.1) is 0 Å². The van der Waals surface area contributed by atoms with E-state index in [1.54, 1.807) is 12.1 Å². The van der Waals surface area contributed by atoms with Crippen molar-refractivity contribution in [1.82, 2.24) is 10.2 Å². The van der Waals surface area contributed by atoms with Gasteiger partial charge < -0.3 is 9.64 Å². The Hall–Kier alpha value is -1.88. The summed E-state index contributed by atoms with van der Waals surface area (Å²) in [6.07, 6.45) is 2.09. The molecule has 1 saturated heterocycles. The van der Waals surface area contributed by atoms with Gasteiger partial charge in [0.1, 0.15) is 0 Å². The third-order valence-corrected chi connectivity index (χ3v) is 4.78. The van der Waals surface area contributed by atoms with Gasteiger partial charge in [-0.2, -0.15) is 0 Å². The SMILES string of the molecule is CCCC(C)C(c1ccc(C(=O)OC)cc1)N1C(=O)CNC1(C)C. The van der Waals surface area contributed by atoms with Crippen LogP contribution in [0.1, 0.15) is 62.5 Å². The van der Waals surface area contributed by atoms with Gasteiger partial charge in [0.2, 0.25) is 5.91 Å². The van der Waals surface area contributed by atoms with Crippen molar-refractivity contribution in [2.45, 2.75) is 52.2 Å². The van der Waals surface area contributed by atoms with Crippen LogP contribution in [0.4, 0.5) is 0 Å². The summed E-state index contributed by atoms with van der Waals surface area (Å²) < 4.78 is 4.76. The Bertz CT molecular complexity index is 595. The van der Waals surface area contributed by atoms with Crippen LogP contribution in [0.3, 0.4) is 0 Å². The van der Waals surface area contributed by atoms with E-state index in [2.05, 4.69) is 19.2 Å². The number of nitrogens with zero attached hydrogens (tertiary/aromatic N) is 1. The molecule has 0 spiro atoms. The predicted molar refractivity (Wildman–Crippen MR) is 93.5 cm³/mol. The molecule has 1 aliphatic rings. The number of nitrogens with one attached hydrogen (secondary N) is 1. The Labute approximate surface area is 144 Å². The fourth-order valence-corrected chi connectivity index (χ4v) is 3.56. The van der Waals surface area contributed by atoms with E-state index in [9.17, 15) is 9.59 Å². The quantitative estimate of drug-likeness (QED) is 0.813. The maximum atomic E-state index is 12.5. The van der Waals surface area contributed by atoms with Gasteiger partial charge in [0.25, 0.3) is 0 Å². The largest absolute Gasteiger partial charge is 0.465 e. The summed E-state index contributed by atoms with van der Waals surface area (Å²) in [5.74, 6) is 0.0889. The number of benzene rings is 1. The van der Waals surface area contributed by atoms with Crippen LogP contribution in [0.15, 0.2) is 24.3 Å². The van der Waals surface area contributed by atoms with E-state index in [1.165, 1.54) is 7.11 Å². The zero-order chi connectivity index (χ0) is 17.9. The van der Waals surface area contributed by atoms with Gasteiger partial charge in [-0.25, -0.2) is 4.79 Å². The third-order valence-electron chi connectivity index (χ3n) is 4.78. The van der Waals surface area contributed by atoms with Gasteiger partial charge in [0, 0.05) is 0 Å². The highest BCUT2D eigenvalue weighted by Gasteiger charge is 2.43. The second-order valence-corrected chi connectivity index (χ2v) is 7.00. The van der Waals surface area contributed by atoms with Crippen molar-refractivity contribution in [3.05, 3.63) is 35.4 Å². The Morgan fingerprint density at radius 3 is 2.42 bits per heavy atom. The summed E-state index contributed by atoms with van der Waals surface area (Å²) >= 11 is 0. The van der Waals surface area contributed by atoms with Crippen LogP contribution in [0.5, 0.6) is 0 Å². The molecule has 0 bridgehead atoms. The van der Waals surface area contributed by atoms with E-state index < -0.39 is 0 Å². The van der Waals surface area contributed by atoms with E-state index in [1.807, 2.05) is 30.9 Å². The van der Waals surface area contributed by atoms with Crippen molar-refractivity contribution in [2.75, 3.05) is 13.7 Å². The monoisotopic (exact) mass is 332 g/mol. The van der Waals surface area contributed by atoms with Gasteiger partial charge in [0.15, 0.2) is 0 Å². The highest BCUT2D eigenvalue weighted by atomic mass is 16.5. The molecule has 1 fully saturated rings. The lowest BCUT2D eigenvalue weighted by Crippen LogP contribution is -2.50. The number of hydrogen-bond donors (Lipinski definition) is 1. The second kappa shape index (κ2) is 7.34. The summed E-state index contributed by atoms with van der Waals surface area (Å²) in [6, 6.07) is 7.39. The first-order chi connectivity index (χ1) is 11.3. The lowest BCUT2D eigenvalue weighted by molar-refractivity contribution is -0.134. The van der Waals surface area contributed by atoms with Gasteiger partial charge in [-0.05, 0) is 43.9 Å². The summed E-state index contributed by atoms with van der Waals surface area (Å²) in [5, 5.41) is 3.28. The Kier molecular flexibility index (Phi) is 5.65. The molecule has 1 heterocycles. The Balaban J connectivity index is 2.39. The first-order valence-corrected chi connectivity index (χ1v) is 8.57. The molecule has 5 nitrogen and oxygen atoms in total. The molecule has 1 amide bonds. The van der Waals surface area contributed by atoms with Crippen LogP contribution in [-0.2, 0) is 9.53 Å². The predicted octanol–water partition coefficient (Wildman–Crippen LogP) is 3.12. The molecule has 1 aromatic rings. The normalized spacial score (nSPS) is 19.2. The molecule has 1 aromatic carbocycles. The fourth-order valence-electron chi connectivity index (χ4n) is 3.56. The lowest BCUT2D eigenvalue weighted by Gasteiger charge is -2.41. The van der Waals surface area contributed by atoms with E-state index in [0.29, 0.717) is 18.0 Å². The number of carbonyl (C=O) groups is 2. The summed E-state index contributed by atoms with van der Waals surface area (Å²) in [6.45, 7) is 8.77. The minimum absolute atomic E-state index is 0.0193. The van der Waals surface area contributed by atoms with Crippen molar-refractivity contribution in [1.29, 1.82) is 0 Å². The summed E-state index contributed by atoms with van der Waals surface area (Å²) in [7, 11) is 1.37. The number of ether oxygens (including phenoxy) is 1. The number of amides is 1. The topological polar surface area (TPSA) is 58.6 Å². The molecule has 24 heavy (non-hydrogen) atoms. The van der Waals surface area contributed by atoms with Crippen molar-refractivity contribution in [2.24, 2.45) is 5.92 Å². The molecule has 2 rings (SSSR count). The van der Waals surface area contributed by atoms with Gasteiger partial charge in [-0.1, -0.05) is 32.4 Å². The van der Waals surface area contributed by atoms with Crippen LogP contribution in [0.2, 0.25) is 0 Å². The highest BCUT2D eigenvalue weighted by Crippen LogP contribution is 2.37. The first kappa shape index (κ1) is 18.5. The molecule has 2 atom stereocenters. The van der Waals surface area contributed by atoms with E-state index in [4.69, 9.17) is 4.74 Å². The maximum absolute atomic E-state index is 12.5. The molecule has 1 aliphatic heterocycles. The standard InChI is InChI=1S/C19H28N2O3/c1-6-7-13(2)17(21-16(22)12-20-19(21,3)4)14-8-10-15(11-9-14)18(23)24-5/h8-11,13,17,20H,6-7,12H2,1-5H3. The number of carbonyl (C=O) groups excluding carboxylic acids is 2. The van der Waals surface area contributed by atoms with E-state index in [0.717, 1.165) is 18.4 Å². The summed E-state index contributed by atoms with van der Waals surface area (Å²) in [4.78, 5) is 26.1. The smallest absolute Gasteiger partial charge is 0.337 e. The molecule has 1 N–H and O–H groups in total. The van der Waals surface area contributed by atoms with Crippen LogP contribution in [0.25, 0.3) is 0 Å². The molecule has 0 aromatic heterocycles. The van der Waals surface area contributed by atoms with Crippen LogP contribution in [0, 0.1) is 5.92 Å². The number of hydrogen-bond acceptors (Lipinski definition) is 4. The highest BCUT2D eigenvalue weighted by molar-refractivity contribution is 5.89. The maximum Gasteiger partial charge on any atom is 0.337 e. The molecular weight excluding hydrogens is 304 g/mol. The van der Waals surface area contributed by atoms with Crippen LogP contribution >= 0.6 is 0 Å².